The molecule has 0 amide bonds. The summed E-state index contributed by atoms with van der Waals surface area (Å²) in [5.41, 5.74) is 10.8. The number of hydrogen-bond acceptors (Lipinski definition) is 7. The fourth-order valence-corrected chi connectivity index (χ4v) is 2.93. The van der Waals surface area contributed by atoms with E-state index >= 15 is 0 Å². The van der Waals surface area contributed by atoms with Crippen molar-refractivity contribution >= 4 is 21.5 Å². The molecule has 30 heavy (non-hydrogen) atoms. The van der Waals surface area contributed by atoms with Crippen LogP contribution in [0.5, 0.6) is 0 Å². The zero-order valence-electron chi connectivity index (χ0n) is 15.4. The van der Waals surface area contributed by atoms with Gasteiger partial charge >= 0.3 is 6.18 Å². The topological polar surface area (TPSA) is 125 Å². The number of pyridine rings is 1. The first-order chi connectivity index (χ1) is 13.9. The second-order valence-electron chi connectivity index (χ2n) is 6.19. The number of nitrogens with zero attached hydrogens (tertiary/aromatic N) is 3. The number of halogens is 3. The van der Waals surface area contributed by atoms with Crippen LogP contribution in [0.15, 0.2) is 47.8 Å². The first kappa shape index (κ1) is 21.1. The van der Waals surface area contributed by atoms with Crippen molar-refractivity contribution in [3.63, 3.8) is 0 Å². The Hall–Kier alpha value is -3.65. The smallest absolute Gasteiger partial charge is 0.384 e. The first-order valence-electron chi connectivity index (χ1n) is 8.24. The predicted octanol–water partition coefficient (Wildman–Crippen LogP) is 2.53. The highest BCUT2D eigenvalue weighted by Gasteiger charge is 2.31. The molecule has 2 heterocycles. The number of anilines is 2. The number of rotatable bonds is 2. The van der Waals surface area contributed by atoms with Crippen LogP contribution in [0.1, 0.15) is 16.7 Å². The molecule has 4 N–H and O–H groups in total. The van der Waals surface area contributed by atoms with Crippen molar-refractivity contribution in [2.24, 2.45) is 0 Å². The average Bonchev–Trinajstić information content (AvgIpc) is 2.66. The zero-order valence-corrected chi connectivity index (χ0v) is 16.2. The van der Waals surface area contributed by atoms with Gasteiger partial charge in [0, 0.05) is 23.6 Å². The molecule has 1 aromatic carbocycles. The highest BCUT2D eigenvalue weighted by atomic mass is 32.2. The number of hydrogen-bond donors (Lipinski definition) is 2. The van der Waals surface area contributed by atoms with E-state index in [1.807, 2.05) is 0 Å². The molecule has 7 nitrogen and oxygen atoms in total. The largest absolute Gasteiger partial charge is 0.416 e. The Bertz CT molecular complexity index is 1280. The Morgan fingerprint density at radius 3 is 2.37 bits per heavy atom. The van der Waals surface area contributed by atoms with Gasteiger partial charge in [-0.25, -0.2) is 18.4 Å². The Morgan fingerprint density at radius 2 is 1.77 bits per heavy atom. The van der Waals surface area contributed by atoms with E-state index in [9.17, 15) is 21.6 Å². The van der Waals surface area contributed by atoms with Crippen LogP contribution in [-0.4, -0.2) is 29.6 Å². The van der Waals surface area contributed by atoms with Crippen LogP contribution in [0.25, 0.3) is 11.3 Å². The maximum Gasteiger partial charge on any atom is 0.416 e. The van der Waals surface area contributed by atoms with E-state index in [0.29, 0.717) is 5.56 Å². The molecule has 0 unspecified atom stereocenters. The Labute approximate surface area is 169 Å². The van der Waals surface area contributed by atoms with Crippen molar-refractivity contribution in [2.75, 3.05) is 17.7 Å². The standard InChI is InChI=1S/C19H14F3N5O2S/c1-30(28,29)18-26-16(12-3-2-4-13(9-12)19(20,21)22)14(17(24)27-18)7-5-11-6-8-15(23)25-10-11/h2-4,6,8-10H,1H3,(H2,23,25)(H2,24,26,27). The summed E-state index contributed by atoms with van der Waals surface area (Å²) in [5, 5.41) is -0.618. The van der Waals surface area contributed by atoms with Crippen LogP contribution in [-0.2, 0) is 16.0 Å². The van der Waals surface area contributed by atoms with E-state index < -0.39 is 26.7 Å². The van der Waals surface area contributed by atoms with E-state index in [0.717, 1.165) is 18.4 Å². The third kappa shape index (κ3) is 4.66. The maximum atomic E-state index is 13.1. The summed E-state index contributed by atoms with van der Waals surface area (Å²) < 4.78 is 63.2. The number of aromatic nitrogens is 3. The minimum atomic E-state index is -4.60. The van der Waals surface area contributed by atoms with Gasteiger partial charge in [0.2, 0.25) is 15.0 Å². The summed E-state index contributed by atoms with van der Waals surface area (Å²) in [7, 11) is -3.88. The Balaban J connectivity index is 2.24. The number of nitrogens with two attached hydrogens (primary N) is 2. The van der Waals surface area contributed by atoms with Crippen molar-refractivity contribution in [3.8, 4) is 23.1 Å². The third-order valence-electron chi connectivity index (χ3n) is 3.83. The lowest BCUT2D eigenvalue weighted by atomic mass is 10.0. The molecule has 3 aromatic rings. The lowest BCUT2D eigenvalue weighted by molar-refractivity contribution is -0.137. The minimum absolute atomic E-state index is 0.0106. The second-order valence-corrected chi connectivity index (χ2v) is 8.10. The normalized spacial score (nSPS) is 11.6. The fraction of sp³-hybridized carbons (Fsp3) is 0.105. The van der Waals surface area contributed by atoms with Gasteiger partial charge in [-0.15, -0.1) is 0 Å². The van der Waals surface area contributed by atoms with Crippen molar-refractivity contribution in [1.29, 1.82) is 0 Å². The molecule has 0 fully saturated rings. The van der Waals surface area contributed by atoms with Crippen molar-refractivity contribution in [2.45, 2.75) is 11.3 Å². The zero-order chi connectivity index (χ0) is 22.1. The number of alkyl halides is 3. The summed E-state index contributed by atoms with van der Waals surface area (Å²) >= 11 is 0. The van der Waals surface area contributed by atoms with Crippen molar-refractivity contribution < 1.29 is 21.6 Å². The van der Waals surface area contributed by atoms with E-state index in [-0.39, 0.29) is 28.5 Å². The molecule has 0 saturated heterocycles. The van der Waals surface area contributed by atoms with Crippen LogP contribution in [0.3, 0.4) is 0 Å². The fourth-order valence-electron chi connectivity index (χ4n) is 2.41. The van der Waals surface area contributed by atoms with E-state index in [2.05, 4.69) is 26.8 Å². The van der Waals surface area contributed by atoms with Crippen LogP contribution in [0.2, 0.25) is 0 Å². The average molecular weight is 433 g/mol. The van der Waals surface area contributed by atoms with Gasteiger partial charge in [0.05, 0.1) is 16.8 Å². The first-order valence-corrected chi connectivity index (χ1v) is 10.1. The molecule has 11 heteroatoms. The molecule has 0 saturated carbocycles. The highest BCUT2D eigenvalue weighted by molar-refractivity contribution is 7.90. The SMILES string of the molecule is CS(=O)(=O)c1nc(N)c(C#Cc2ccc(N)nc2)c(-c2cccc(C(F)(F)F)c2)n1. The van der Waals surface area contributed by atoms with E-state index in [1.54, 1.807) is 6.07 Å². The maximum absolute atomic E-state index is 13.1. The monoisotopic (exact) mass is 433 g/mol. The van der Waals surface area contributed by atoms with Crippen molar-refractivity contribution in [1.82, 2.24) is 15.0 Å². The molecule has 3 rings (SSSR count). The molecule has 0 aliphatic heterocycles. The summed E-state index contributed by atoms with van der Waals surface area (Å²) in [6.45, 7) is 0. The van der Waals surface area contributed by atoms with Crippen LogP contribution >= 0.6 is 0 Å². The van der Waals surface area contributed by atoms with Gasteiger partial charge in [0.1, 0.15) is 11.6 Å². The van der Waals surface area contributed by atoms with Gasteiger partial charge < -0.3 is 11.5 Å². The molecular weight excluding hydrogens is 419 g/mol. The summed E-state index contributed by atoms with van der Waals surface area (Å²) in [6.07, 6.45) is -2.34. The quantitative estimate of drug-likeness (QED) is 0.470. The molecule has 0 radical (unpaired) electrons. The van der Waals surface area contributed by atoms with Gasteiger partial charge in [-0.05, 0) is 24.3 Å². The summed E-state index contributed by atoms with van der Waals surface area (Å²) in [5.74, 6) is 5.44. The van der Waals surface area contributed by atoms with Crippen LogP contribution in [0, 0.1) is 11.8 Å². The van der Waals surface area contributed by atoms with E-state index in [1.165, 1.54) is 24.4 Å². The van der Waals surface area contributed by atoms with E-state index in [4.69, 9.17) is 11.5 Å². The lowest BCUT2D eigenvalue weighted by Gasteiger charge is -2.11. The number of nitrogen functional groups attached to an aromatic ring is 2. The van der Waals surface area contributed by atoms with Crippen LogP contribution < -0.4 is 11.5 Å². The van der Waals surface area contributed by atoms with Gasteiger partial charge in [0.25, 0.3) is 0 Å². The molecule has 0 aliphatic rings. The predicted molar refractivity (Wildman–Crippen MR) is 105 cm³/mol. The Kier molecular flexibility index (Phi) is 5.37. The molecule has 0 atom stereocenters. The third-order valence-corrected chi connectivity index (χ3v) is 4.68. The van der Waals surface area contributed by atoms with Crippen LogP contribution in [0.4, 0.5) is 24.8 Å². The minimum Gasteiger partial charge on any atom is -0.384 e. The van der Waals surface area contributed by atoms with Crippen molar-refractivity contribution in [3.05, 3.63) is 59.3 Å². The molecule has 0 spiro atoms. The molecule has 2 aromatic heterocycles. The molecule has 0 aliphatic carbocycles. The summed E-state index contributed by atoms with van der Waals surface area (Å²) in [4.78, 5) is 11.6. The second kappa shape index (κ2) is 7.64. The summed E-state index contributed by atoms with van der Waals surface area (Å²) in [6, 6.07) is 7.35. The number of benzene rings is 1. The number of sulfone groups is 1. The van der Waals surface area contributed by atoms with Gasteiger partial charge in [-0.3, -0.25) is 0 Å². The molecule has 0 bridgehead atoms. The highest BCUT2D eigenvalue weighted by Crippen LogP contribution is 2.33. The molecular formula is C19H14F3N5O2S. The Morgan fingerprint density at radius 1 is 1.03 bits per heavy atom. The molecule has 154 valence electrons. The lowest BCUT2D eigenvalue weighted by Crippen LogP contribution is -2.10. The van der Waals surface area contributed by atoms with Gasteiger partial charge in [-0.2, -0.15) is 18.2 Å². The van der Waals surface area contributed by atoms with Gasteiger partial charge in [-0.1, -0.05) is 24.0 Å². The van der Waals surface area contributed by atoms with Gasteiger partial charge in [0.15, 0.2) is 0 Å².